The van der Waals surface area contributed by atoms with E-state index < -0.39 is 17.8 Å². The van der Waals surface area contributed by atoms with Crippen LogP contribution >= 0.6 is 0 Å². The van der Waals surface area contributed by atoms with Gasteiger partial charge in [0.05, 0.1) is 18.0 Å². The number of esters is 1. The third-order valence-corrected chi connectivity index (χ3v) is 4.14. The summed E-state index contributed by atoms with van der Waals surface area (Å²) in [5, 5.41) is 15.5. The first-order chi connectivity index (χ1) is 12.1. The minimum atomic E-state index is -0.965. The van der Waals surface area contributed by atoms with Crippen molar-refractivity contribution in [3.8, 4) is 0 Å². The molecular formula is C16H15N5O4. The highest BCUT2D eigenvalue weighted by Crippen LogP contribution is 2.43. The van der Waals surface area contributed by atoms with Gasteiger partial charge in [0.2, 0.25) is 5.91 Å². The lowest BCUT2D eigenvalue weighted by atomic mass is 10.00. The molecule has 1 amide bonds. The van der Waals surface area contributed by atoms with E-state index in [-0.39, 0.29) is 18.3 Å². The van der Waals surface area contributed by atoms with E-state index >= 15 is 0 Å². The highest BCUT2D eigenvalue weighted by atomic mass is 16.5. The average molecular weight is 341 g/mol. The second-order valence-electron chi connectivity index (χ2n) is 5.73. The van der Waals surface area contributed by atoms with Crippen molar-refractivity contribution in [2.45, 2.75) is 19.0 Å². The van der Waals surface area contributed by atoms with Gasteiger partial charge in [-0.15, -0.1) is 0 Å². The van der Waals surface area contributed by atoms with Crippen molar-refractivity contribution in [3.05, 3.63) is 45.9 Å². The number of amides is 1. The number of carbonyl (C=O) groups is 2. The highest BCUT2D eigenvalue weighted by molar-refractivity contribution is 6.15. The minimum Gasteiger partial charge on any atom is -0.465 e. The molecule has 4 rings (SSSR count). The maximum atomic E-state index is 12.1. The normalized spacial score (nSPS) is 20.1. The summed E-state index contributed by atoms with van der Waals surface area (Å²) in [6.07, 6.45) is -0.328. The van der Waals surface area contributed by atoms with E-state index in [2.05, 4.69) is 26.1 Å². The third-order valence-electron chi connectivity index (χ3n) is 4.14. The van der Waals surface area contributed by atoms with Crippen LogP contribution in [-0.4, -0.2) is 28.7 Å². The maximum Gasteiger partial charge on any atom is 0.323 e. The van der Waals surface area contributed by atoms with E-state index in [4.69, 9.17) is 4.74 Å². The third kappa shape index (κ3) is 2.49. The van der Waals surface area contributed by atoms with Crippen LogP contribution in [0.5, 0.6) is 0 Å². The molecule has 9 nitrogen and oxygen atoms in total. The van der Waals surface area contributed by atoms with E-state index in [1.807, 2.05) is 0 Å². The van der Waals surface area contributed by atoms with Gasteiger partial charge in [0.1, 0.15) is 11.9 Å². The quantitative estimate of drug-likeness (QED) is 0.483. The van der Waals surface area contributed by atoms with Gasteiger partial charge in [0.25, 0.3) is 5.56 Å². The Morgan fingerprint density at radius 1 is 1.16 bits per heavy atom. The SMILES string of the molecule is CCOC(=O)C1C(=O)Nc2cc3c(cc21)NC(c1ccc(=O)[nH]n1)N3. The molecule has 1 aromatic heterocycles. The van der Waals surface area contributed by atoms with Crippen molar-refractivity contribution >= 4 is 28.9 Å². The summed E-state index contributed by atoms with van der Waals surface area (Å²) in [6.45, 7) is 1.91. The number of nitrogens with one attached hydrogen (secondary N) is 4. The molecule has 2 unspecified atom stereocenters. The van der Waals surface area contributed by atoms with Gasteiger partial charge in [-0.3, -0.25) is 14.4 Å². The van der Waals surface area contributed by atoms with Gasteiger partial charge in [-0.05, 0) is 25.1 Å². The number of ether oxygens (including phenoxy) is 1. The van der Waals surface area contributed by atoms with Crippen LogP contribution in [0.3, 0.4) is 0 Å². The Labute approximate surface area is 141 Å². The Morgan fingerprint density at radius 2 is 1.92 bits per heavy atom. The topological polar surface area (TPSA) is 125 Å². The number of aromatic nitrogens is 2. The molecule has 1 aromatic carbocycles. The summed E-state index contributed by atoms with van der Waals surface area (Å²) in [5.74, 6) is -1.92. The van der Waals surface area contributed by atoms with Crippen molar-refractivity contribution < 1.29 is 14.3 Å². The summed E-state index contributed by atoms with van der Waals surface area (Å²) in [4.78, 5) is 35.3. The molecule has 0 bridgehead atoms. The molecule has 2 atom stereocenters. The summed E-state index contributed by atoms with van der Waals surface area (Å²) in [5.41, 5.74) is 2.99. The molecule has 0 aliphatic carbocycles. The Morgan fingerprint density at radius 3 is 2.60 bits per heavy atom. The molecule has 128 valence electrons. The summed E-state index contributed by atoms with van der Waals surface area (Å²) >= 11 is 0. The predicted octanol–water partition coefficient (Wildman–Crippen LogP) is 0.905. The summed E-state index contributed by atoms with van der Waals surface area (Å²) < 4.78 is 4.99. The number of anilines is 3. The van der Waals surface area contributed by atoms with Crippen molar-refractivity contribution in [1.82, 2.24) is 10.2 Å². The van der Waals surface area contributed by atoms with Gasteiger partial charge in [0, 0.05) is 17.3 Å². The molecule has 2 aliphatic heterocycles. The Kier molecular flexibility index (Phi) is 3.41. The number of nitrogens with zero attached hydrogens (tertiary/aromatic N) is 1. The molecule has 9 heteroatoms. The molecule has 0 spiro atoms. The Bertz CT molecular complexity index is 918. The maximum absolute atomic E-state index is 12.1. The van der Waals surface area contributed by atoms with Crippen molar-refractivity contribution in [1.29, 1.82) is 0 Å². The fraction of sp³-hybridized carbons (Fsp3) is 0.250. The lowest BCUT2D eigenvalue weighted by Gasteiger charge is -2.10. The first-order valence-corrected chi connectivity index (χ1v) is 7.81. The van der Waals surface area contributed by atoms with Crippen LogP contribution in [0.4, 0.5) is 17.1 Å². The largest absolute Gasteiger partial charge is 0.465 e. The van der Waals surface area contributed by atoms with E-state index in [1.165, 1.54) is 6.07 Å². The molecule has 0 saturated heterocycles. The van der Waals surface area contributed by atoms with Crippen molar-refractivity contribution in [2.24, 2.45) is 0 Å². The van der Waals surface area contributed by atoms with Crippen LogP contribution < -0.4 is 21.5 Å². The van der Waals surface area contributed by atoms with E-state index in [0.29, 0.717) is 16.9 Å². The molecule has 0 saturated carbocycles. The predicted molar refractivity (Wildman–Crippen MR) is 89.3 cm³/mol. The molecule has 25 heavy (non-hydrogen) atoms. The fourth-order valence-corrected chi connectivity index (χ4v) is 3.02. The second kappa shape index (κ2) is 5.62. The zero-order valence-electron chi connectivity index (χ0n) is 13.3. The van der Waals surface area contributed by atoms with Crippen LogP contribution in [-0.2, 0) is 14.3 Å². The smallest absolute Gasteiger partial charge is 0.323 e. The zero-order chi connectivity index (χ0) is 17.6. The minimum absolute atomic E-state index is 0.211. The molecule has 3 heterocycles. The van der Waals surface area contributed by atoms with Crippen LogP contribution in [0, 0.1) is 0 Å². The van der Waals surface area contributed by atoms with Gasteiger partial charge in [-0.2, -0.15) is 5.10 Å². The van der Waals surface area contributed by atoms with Gasteiger partial charge >= 0.3 is 5.97 Å². The van der Waals surface area contributed by atoms with Gasteiger partial charge < -0.3 is 20.7 Å². The molecule has 0 fully saturated rings. The van der Waals surface area contributed by atoms with E-state index in [0.717, 1.165) is 11.4 Å². The number of carbonyl (C=O) groups excluding carboxylic acids is 2. The van der Waals surface area contributed by atoms with Gasteiger partial charge in [-0.25, -0.2) is 5.10 Å². The summed E-state index contributed by atoms with van der Waals surface area (Å²) in [6, 6.07) is 6.53. The summed E-state index contributed by atoms with van der Waals surface area (Å²) in [7, 11) is 0. The first kappa shape index (κ1) is 15.2. The van der Waals surface area contributed by atoms with Crippen LogP contribution in [0.15, 0.2) is 29.1 Å². The number of fused-ring (bicyclic) bond motifs is 2. The van der Waals surface area contributed by atoms with Gasteiger partial charge in [0.15, 0.2) is 5.92 Å². The number of benzene rings is 1. The van der Waals surface area contributed by atoms with E-state index in [1.54, 1.807) is 25.1 Å². The number of rotatable bonds is 3. The van der Waals surface area contributed by atoms with Crippen LogP contribution in [0.1, 0.15) is 30.3 Å². The Balaban J connectivity index is 1.64. The molecule has 2 aliphatic rings. The fourth-order valence-electron chi connectivity index (χ4n) is 3.02. The number of H-pyrrole nitrogens is 1. The molecule has 2 aromatic rings. The number of aromatic amines is 1. The van der Waals surface area contributed by atoms with Gasteiger partial charge in [-0.1, -0.05) is 0 Å². The lowest BCUT2D eigenvalue weighted by molar-refractivity contribution is -0.147. The number of hydrogen-bond acceptors (Lipinski definition) is 7. The Hall–Kier alpha value is -3.36. The average Bonchev–Trinajstić information content (AvgIpc) is 3.12. The van der Waals surface area contributed by atoms with Crippen LogP contribution in [0.25, 0.3) is 0 Å². The molecular weight excluding hydrogens is 326 g/mol. The standard InChI is InChI=1S/C16H15N5O4/c1-2-25-16(24)13-7-5-10-11(6-9(7)19-15(13)23)18-14(17-10)8-3-4-12(22)21-20-8/h3-6,13-14,17-18H,2H2,1H3,(H,19,23)(H,21,22). The number of hydrogen-bond donors (Lipinski definition) is 4. The second-order valence-corrected chi connectivity index (χ2v) is 5.73. The van der Waals surface area contributed by atoms with Crippen molar-refractivity contribution in [2.75, 3.05) is 22.6 Å². The lowest BCUT2D eigenvalue weighted by Crippen LogP contribution is -2.23. The highest BCUT2D eigenvalue weighted by Gasteiger charge is 2.39. The first-order valence-electron chi connectivity index (χ1n) is 7.81. The van der Waals surface area contributed by atoms with E-state index in [9.17, 15) is 14.4 Å². The molecule has 4 N–H and O–H groups in total. The van der Waals surface area contributed by atoms with Crippen LogP contribution in [0.2, 0.25) is 0 Å². The van der Waals surface area contributed by atoms with Crippen molar-refractivity contribution in [3.63, 3.8) is 0 Å². The molecule has 0 radical (unpaired) electrons. The monoisotopic (exact) mass is 341 g/mol. The zero-order valence-corrected chi connectivity index (χ0v) is 13.3.